The van der Waals surface area contributed by atoms with E-state index in [1.807, 2.05) is 18.2 Å². The van der Waals surface area contributed by atoms with Crippen molar-refractivity contribution in [1.29, 1.82) is 5.26 Å². The van der Waals surface area contributed by atoms with Gasteiger partial charge in [0.25, 0.3) is 0 Å². The molecular formula is C17H15NO3. The Morgan fingerprint density at radius 1 is 1.24 bits per heavy atom. The van der Waals surface area contributed by atoms with Crippen molar-refractivity contribution in [2.75, 3.05) is 20.3 Å². The van der Waals surface area contributed by atoms with Gasteiger partial charge in [-0.15, -0.1) is 0 Å². The third-order valence-corrected chi connectivity index (χ3v) is 3.49. The van der Waals surface area contributed by atoms with E-state index >= 15 is 0 Å². The molecule has 0 aromatic heterocycles. The molecule has 0 saturated carbocycles. The van der Waals surface area contributed by atoms with Crippen LogP contribution in [0, 0.1) is 11.3 Å². The van der Waals surface area contributed by atoms with Gasteiger partial charge in [0.05, 0.1) is 37.9 Å². The lowest BCUT2D eigenvalue weighted by atomic mass is 10.0. The second-order valence-electron chi connectivity index (χ2n) is 4.87. The number of methoxy groups -OCH3 is 1. The minimum Gasteiger partial charge on any atom is -0.497 e. The number of nitrogens with zero attached hydrogens (tertiary/aromatic N) is 1. The Balaban J connectivity index is 1.73. The van der Waals surface area contributed by atoms with Crippen LogP contribution in [0.2, 0.25) is 0 Å². The Morgan fingerprint density at radius 2 is 2.05 bits per heavy atom. The third kappa shape index (κ3) is 2.77. The van der Waals surface area contributed by atoms with Crippen LogP contribution < -0.4 is 14.2 Å². The minimum atomic E-state index is 0.206. The molecule has 4 nitrogen and oxygen atoms in total. The van der Waals surface area contributed by atoms with Crippen LogP contribution in [0.3, 0.4) is 0 Å². The van der Waals surface area contributed by atoms with Gasteiger partial charge in [0.15, 0.2) is 0 Å². The van der Waals surface area contributed by atoms with Crippen LogP contribution in [0.1, 0.15) is 17.0 Å². The molecule has 0 bridgehead atoms. The molecule has 4 heteroatoms. The number of para-hydroxylation sites is 1. The highest BCUT2D eigenvalue weighted by Crippen LogP contribution is 2.34. The van der Waals surface area contributed by atoms with E-state index in [0.29, 0.717) is 30.3 Å². The summed E-state index contributed by atoms with van der Waals surface area (Å²) >= 11 is 0. The van der Waals surface area contributed by atoms with Crippen molar-refractivity contribution in [3.63, 3.8) is 0 Å². The fourth-order valence-electron chi connectivity index (χ4n) is 2.40. The Morgan fingerprint density at radius 3 is 2.86 bits per heavy atom. The molecule has 106 valence electrons. The first-order valence-corrected chi connectivity index (χ1v) is 6.74. The zero-order valence-electron chi connectivity index (χ0n) is 11.7. The highest BCUT2D eigenvalue weighted by Gasteiger charge is 2.24. The Hall–Kier alpha value is -2.67. The minimum absolute atomic E-state index is 0.206. The molecule has 1 unspecified atom stereocenters. The molecule has 1 aliphatic heterocycles. The topological polar surface area (TPSA) is 51.5 Å². The van der Waals surface area contributed by atoms with Crippen LogP contribution in [-0.2, 0) is 0 Å². The van der Waals surface area contributed by atoms with E-state index in [1.54, 1.807) is 25.3 Å². The molecule has 0 spiro atoms. The van der Waals surface area contributed by atoms with Crippen molar-refractivity contribution >= 4 is 0 Å². The summed E-state index contributed by atoms with van der Waals surface area (Å²) in [6, 6.07) is 15.3. The normalized spacial score (nSPS) is 15.7. The lowest BCUT2D eigenvalue weighted by Gasteiger charge is -2.12. The monoisotopic (exact) mass is 281 g/mol. The summed E-state index contributed by atoms with van der Waals surface area (Å²) < 4.78 is 16.6. The Kier molecular flexibility index (Phi) is 3.65. The summed E-state index contributed by atoms with van der Waals surface area (Å²) in [5.74, 6) is 2.38. The largest absolute Gasteiger partial charge is 0.497 e. The van der Waals surface area contributed by atoms with E-state index in [2.05, 4.69) is 12.1 Å². The quantitative estimate of drug-likeness (QED) is 0.864. The molecule has 0 fully saturated rings. The highest BCUT2D eigenvalue weighted by molar-refractivity contribution is 5.44. The van der Waals surface area contributed by atoms with E-state index in [4.69, 9.17) is 19.5 Å². The standard InChI is InChI=1S/C17H15NO3/c1-19-14-6-12(9-18)7-15(8-14)20-10-13-11-21-17-5-3-2-4-16(13)17/h2-8,13H,10-11H2,1H3. The fourth-order valence-corrected chi connectivity index (χ4v) is 2.40. The van der Waals surface area contributed by atoms with E-state index in [0.717, 1.165) is 5.75 Å². The lowest BCUT2D eigenvalue weighted by Crippen LogP contribution is -2.11. The molecule has 2 aromatic carbocycles. The van der Waals surface area contributed by atoms with Crippen LogP contribution in [0.25, 0.3) is 0 Å². The second kappa shape index (κ2) is 5.76. The summed E-state index contributed by atoms with van der Waals surface area (Å²) in [7, 11) is 1.57. The fraction of sp³-hybridized carbons (Fsp3) is 0.235. The first-order valence-electron chi connectivity index (χ1n) is 6.74. The average molecular weight is 281 g/mol. The van der Waals surface area contributed by atoms with Crippen LogP contribution in [0.4, 0.5) is 0 Å². The predicted octanol–water partition coefficient (Wildman–Crippen LogP) is 3.12. The van der Waals surface area contributed by atoms with Gasteiger partial charge in [-0.2, -0.15) is 5.26 Å². The van der Waals surface area contributed by atoms with Crippen molar-refractivity contribution in [1.82, 2.24) is 0 Å². The Bertz CT molecular complexity index is 691. The molecule has 3 rings (SSSR count). The third-order valence-electron chi connectivity index (χ3n) is 3.49. The van der Waals surface area contributed by atoms with Gasteiger partial charge >= 0.3 is 0 Å². The number of benzene rings is 2. The molecule has 0 aliphatic carbocycles. The molecule has 0 N–H and O–H groups in total. The van der Waals surface area contributed by atoms with Gasteiger partial charge in [0.1, 0.15) is 17.2 Å². The van der Waals surface area contributed by atoms with Gasteiger partial charge in [-0.25, -0.2) is 0 Å². The van der Waals surface area contributed by atoms with Gasteiger partial charge in [-0.1, -0.05) is 18.2 Å². The number of hydrogen-bond acceptors (Lipinski definition) is 4. The van der Waals surface area contributed by atoms with Crippen LogP contribution in [0.15, 0.2) is 42.5 Å². The van der Waals surface area contributed by atoms with Crippen molar-refractivity contribution in [2.24, 2.45) is 0 Å². The van der Waals surface area contributed by atoms with E-state index in [1.165, 1.54) is 5.56 Å². The van der Waals surface area contributed by atoms with Crippen molar-refractivity contribution in [2.45, 2.75) is 5.92 Å². The van der Waals surface area contributed by atoms with Crippen molar-refractivity contribution in [3.8, 4) is 23.3 Å². The smallest absolute Gasteiger partial charge is 0.124 e. The Labute approximate surface area is 123 Å². The zero-order valence-corrected chi connectivity index (χ0v) is 11.7. The lowest BCUT2D eigenvalue weighted by molar-refractivity contribution is 0.247. The molecule has 2 aromatic rings. The van der Waals surface area contributed by atoms with Gasteiger partial charge in [0, 0.05) is 11.6 Å². The summed E-state index contributed by atoms with van der Waals surface area (Å²) in [5, 5.41) is 9.01. The van der Waals surface area contributed by atoms with Crippen LogP contribution >= 0.6 is 0 Å². The van der Waals surface area contributed by atoms with Crippen LogP contribution in [0.5, 0.6) is 17.2 Å². The maximum atomic E-state index is 9.01. The molecule has 0 saturated heterocycles. The van der Waals surface area contributed by atoms with Gasteiger partial charge in [0.2, 0.25) is 0 Å². The molecule has 0 radical (unpaired) electrons. The molecule has 1 aliphatic rings. The van der Waals surface area contributed by atoms with Crippen LogP contribution in [-0.4, -0.2) is 20.3 Å². The number of rotatable bonds is 4. The first-order chi connectivity index (χ1) is 10.3. The zero-order chi connectivity index (χ0) is 14.7. The summed E-state index contributed by atoms with van der Waals surface area (Å²) in [6.45, 7) is 1.13. The summed E-state index contributed by atoms with van der Waals surface area (Å²) in [6.07, 6.45) is 0. The van der Waals surface area contributed by atoms with Gasteiger partial charge in [-0.3, -0.25) is 0 Å². The molecular weight excluding hydrogens is 266 g/mol. The SMILES string of the molecule is COc1cc(C#N)cc(OCC2COc3ccccc32)c1. The predicted molar refractivity (Wildman–Crippen MR) is 77.9 cm³/mol. The van der Waals surface area contributed by atoms with E-state index in [9.17, 15) is 0 Å². The second-order valence-corrected chi connectivity index (χ2v) is 4.87. The summed E-state index contributed by atoms with van der Waals surface area (Å²) in [4.78, 5) is 0. The number of ether oxygens (including phenoxy) is 3. The highest BCUT2D eigenvalue weighted by atomic mass is 16.5. The maximum absolute atomic E-state index is 9.01. The number of fused-ring (bicyclic) bond motifs is 1. The first kappa shape index (κ1) is 13.3. The maximum Gasteiger partial charge on any atom is 0.124 e. The number of hydrogen-bond donors (Lipinski definition) is 0. The van der Waals surface area contributed by atoms with Crippen molar-refractivity contribution in [3.05, 3.63) is 53.6 Å². The van der Waals surface area contributed by atoms with Gasteiger partial charge < -0.3 is 14.2 Å². The molecule has 0 amide bonds. The molecule has 21 heavy (non-hydrogen) atoms. The van der Waals surface area contributed by atoms with Gasteiger partial charge in [-0.05, 0) is 18.2 Å². The number of nitriles is 1. The van der Waals surface area contributed by atoms with E-state index < -0.39 is 0 Å². The molecule has 1 atom stereocenters. The average Bonchev–Trinajstić information content (AvgIpc) is 2.95. The van der Waals surface area contributed by atoms with Crippen molar-refractivity contribution < 1.29 is 14.2 Å². The summed E-state index contributed by atoms with van der Waals surface area (Å²) in [5.41, 5.74) is 1.69. The molecule has 1 heterocycles. The van der Waals surface area contributed by atoms with E-state index in [-0.39, 0.29) is 5.92 Å².